The third-order valence-electron chi connectivity index (χ3n) is 13.5. The minimum atomic E-state index is -0.562. The molecule has 0 aliphatic heterocycles. The van der Waals surface area contributed by atoms with Crippen molar-refractivity contribution in [3.63, 3.8) is 0 Å². The lowest BCUT2D eigenvalue weighted by atomic mass is 9.35. The molecule has 5 rings (SSSR count). The molecule has 0 spiro atoms. The summed E-state index contributed by atoms with van der Waals surface area (Å²) < 4.78 is 0. The molecule has 42 heavy (non-hydrogen) atoms. The lowest BCUT2D eigenvalue weighted by Gasteiger charge is -2.68. The van der Waals surface area contributed by atoms with Gasteiger partial charge in [-0.3, -0.25) is 9.59 Å². The summed E-state index contributed by atoms with van der Waals surface area (Å²) in [7, 11) is 0. The number of fused-ring (bicyclic) bond motifs is 3. The number of ketones is 2. The van der Waals surface area contributed by atoms with Gasteiger partial charge in [0, 0.05) is 5.41 Å². The number of carbonyl (C=O) groups excluding carboxylic acids is 2. The third kappa shape index (κ3) is 4.56. The normalized spacial score (nSPS) is 42.0. The molecule has 4 aliphatic carbocycles. The molecule has 0 N–H and O–H groups in total. The number of rotatable bonds is 5. The summed E-state index contributed by atoms with van der Waals surface area (Å²) in [6.07, 6.45) is 5.48. The molecule has 2 heteroatoms. The second-order valence-electron chi connectivity index (χ2n) is 17.0. The van der Waals surface area contributed by atoms with Gasteiger partial charge in [0.25, 0.3) is 0 Å². The van der Waals surface area contributed by atoms with Crippen LogP contribution in [0.2, 0.25) is 0 Å². The lowest BCUT2D eigenvalue weighted by molar-refractivity contribution is -0.173. The van der Waals surface area contributed by atoms with Gasteiger partial charge in [0.2, 0.25) is 0 Å². The summed E-state index contributed by atoms with van der Waals surface area (Å²) in [5.74, 6) is 4.54. The van der Waals surface area contributed by atoms with Crippen molar-refractivity contribution < 1.29 is 9.59 Å². The van der Waals surface area contributed by atoms with Gasteiger partial charge in [-0.1, -0.05) is 104 Å². The Balaban J connectivity index is 1.57. The molecular weight excluding hydrogens is 512 g/mol. The molecule has 230 valence electrons. The first-order chi connectivity index (χ1) is 19.5. The van der Waals surface area contributed by atoms with Crippen LogP contribution in [0.15, 0.2) is 47.6 Å². The van der Waals surface area contributed by atoms with E-state index in [9.17, 15) is 9.59 Å². The molecule has 0 bridgehead atoms. The van der Waals surface area contributed by atoms with Crippen molar-refractivity contribution >= 4 is 11.6 Å². The van der Waals surface area contributed by atoms with Gasteiger partial charge in [-0.2, -0.15) is 0 Å². The first kappa shape index (κ1) is 31.5. The molecule has 0 saturated heterocycles. The van der Waals surface area contributed by atoms with Crippen molar-refractivity contribution in [3.8, 4) is 0 Å². The maximum Gasteiger partial charge on any atom is 0.173 e. The van der Waals surface area contributed by atoms with E-state index in [1.165, 1.54) is 29.5 Å². The van der Waals surface area contributed by atoms with Crippen molar-refractivity contribution in [2.45, 2.75) is 114 Å². The molecular formula is C40H58O2. The van der Waals surface area contributed by atoms with E-state index in [4.69, 9.17) is 6.58 Å². The minimum Gasteiger partial charge on any atom is -0.294 e. The second kappa shape index (κ2) is 10.6. The standard InChI is InChI=1S/C40H58O2/c1-22(2)16-29-14-13-15-30(17-29)32-18-31(23(3)4)33-20-38(10)21-39(11)19-24(5)34(28(9)41)37(42)40(39,12)27(8)36(38)26(7)35(33)25(32)6/h13-15,17,22-23,25,27,31-33,35-36H,7,16,18-21H2,1-6,8-12H3. The van der Waals surface area contributed by atoms with Gasteiger partial charge in [0.15, 0.2) is 11.6 Å². The zero-order chi connectivity index (χ0) is 31.1. The van der Waals surface area contributed by atoms with E-state index in [1.54, 1.807) is 6.92 Å². The molecule has 3 saturated carbocycles. The minimum absolute atomic E-state index is 0.0629. The van der Waals surface area contributed by atoms with Crippen LogP contribution in [0.4, 0.5) is 0 Å². The van der Waals surface area contributed by atoms with Gasteiger partial charge >= 0.3 is 0 Å². The Bertz CT molecular complexity index is 1310. The highest BCUT2D eigenvalue weighted by molar-refractivity contribution is 6.22. The predicted octanol–water partition coefficient (Wildman–Crippen LogP) is 10.0. The highest BCUT2D eigenvalue weighted by Gasteiger charge is 2.68. The van der Waals surface area contributed by atoms with Crippen LogP contribution in [0.1, 0.15) is 119 Å². The molecule has 0 radical (unpaired) electrons. The van der Waals surface area contributed by atoms with Crippen LogP contribution in [0.3, 0.4) is 0 Å². The number of hydrogen-bond acceptors (Lipinski definition) is 2. The molecule has 2 nitrogen and oxygen atoms in total. The van der Waals surface area contributed by atoms with E-state index in [0.717, 1.165) is 24.8 Å². The average molecular weight is 571 g/mol. The van der Waals surface area contributed by atoms with E-state index in [1.807, 2.05) is 6.92 Å². The van der Waals surface area contributed by atoms with Gasteiger partial charge < -0.3 is 0 Å². The summed E-state index contributed by atoms with van der Waals surface area (Å²) in [5, 5.41) is 0. The van der Waals surface area contributed by atoms with E-state index in [0.29, 0.717) is 47.0 Å². The molecule has 1 aromatic carbocycles. The van der Waals surface area contributed by atoms with Gasteiger partial charge in [0.05, 0.1) is 5.57 Å². The van der Waals surface area contributed by atoms with Crippen molar-refractivity contribution in [2.75, 3.05) is 0 Å². The summed E-state index contributed by atoms with van der Waals surface area (Å²) >= 11 is 0. The first-order valence-corrected chi connectivity index (χ1v) is 17.0. The number of hydrogen-bond donors (Lipinski definition) is 0. The quantitative estimate of drug-likeness (QED) is 0.261. The smallest absolute Gasteiger partial charge is 0.173 e. The SMILES string of the molecule is C=C1C2C(C)C(c3cccc(CC(C)C)c3)CC(C(C)C)C2CC2(C)CC3(C)CC(C)=C(C(C)=O)C(=O)C3(C)C(C)C12. The zero-order valence-corrected chi connectivity index (χ0v) is 28.6. The number of Topliss-reactive ketones (excluding diaryl/α,β-unsaturated/α-hetero) is 2. The van der Waals surface area contributed by atoms with Gasteiger partial charge in [0.1, 0.15) is 0 Å². The van der Waals surface area contributed by atoms with Crippen LogP contribution < -0.4 is 0 Å². The Morgan fingerprint density at radius 2 is 1.76 bits per heavy atom. The molecule has 0 aromatic heterocycles. The average Bonchev–Trinajstić information content (AvgIpc) is 2.85. The molecule has 4 aliphatic rings. The zero-order valence-electron chi connectivity index (χ0n) is 28.6. The molecule has 1 aromatic rings. The Labute approximate surface area is 257 Å². The Morgan fingerprint density at radius 3 is 2.36 bits per heavy atom. The largest absolute Gasteiger partial charge is 0.294 e. The maximum absolute atomic E-state index is 14.4. The Hall–Kier alpha value is -1.96. The highest BCUT2D eigenvalue weighted by atomic mass is 16.1. The van der Waals surface area contributed by atoms with Crippen LogP contribution in [0.5, 0.6) is 0 Å². The fraction of sp³-hybridized carbons (Fsp3) is 0.700. The van der Waals surface area contributed by atoms with E-state index >= 15 is 0 Å². The highest BCUT2D eigenvalue weighted by Crippen LogP contribution is 2.73. The Kier molecular flexibility index (Phi) is 7.93. The Morgan fingerprint density at radius 1 is 1.10 bits per heavy atom. The number of carbonyl (C=O) groups is 2. The lowest BCUT2D eigenvalue weighted by Crippen LogP contribution is -2.64. The number of benzene rings is 1. The fourth-order valence-corrected chi connectivity index (χ4v) is 11.8. The summed E-state index contributed by atoms with van der Waals surface area (Å²) in [5.41, 5.74) is 5.26. The fourth-order valence-electron chi connectivity index (χ4n) is 11.8. The van der Waals surface area contributed by atoms with Crippen molar-refractivity contribution in [2.24, 2.45) is 63.6 Å². The molecule has 10 atom stereocenters. The number of allylic oxidation sites excluding steroid dienone is 3. The van der Waals surface area contributed by atoms with Crippen LogP contribution >= 0.6 is 0 Å². The van der Waals surface area contributed by atoms with Crippen LogP contribution in [0, 0.1) is 63.6 Å². The molecule has 0 heterocycles. The van der Waals surface area contributed by atoms with Crippen LogP contribution in [-0.4, -0.2) is 11.6 Å². The van der Waals surface area contributed by atoms with E-state index in [-0.39, 0.29) is 34.2 Å². The van der Waals surface area contributed by atoms with Crippen molar-refractivity contribution in [1.82, 2.24) is 0 Å². The molecule has 0 amide bonds. The second-order valence-corrected chi connectivity index (χ2v) is 17.0. The van der Waals surface area contributed by atoms with Crippen molar-refractivity contribution in [3.05, 3.63) is 58.7 Å². The van der Waals surface area contributed by atoms with Crippen molar-refractivity contribution in [1.29, 1.82) is 0 Å². The summed E-state index contributed by atoms with van der Waals surface area (Å²) in [4.78, 5) is 27.1. The van der Waals surface area contributed by atoms with E-state index in [2.05, 4.69) is 86.6 Å². The van der Waals surface area contributed by atoms with Gasteiger partial charge in [-0.05, 0) is 121 Å². The molecule has 3 fully saturated rings. The van der Waals surface area contributed by atoms with Crippen LogP contribution in [-0.2, 0) is 16.0 Å². The summed E-state index contributed by atoms with van der Waals surface area (Å²) in [6, 6.07) is 9.47. The first-order valence-electron chi connectivity index (χ1n) is 17.0. The topological polar surface area (TPSA) is 34.1 Å². The van der Waals surface area contributed by atoms with Gasteiger partial charge in [-0.15, -0.1) is 0 Å². The monoisotopic (exact) mass is 570 g/mol. The van der Waals surface area contributed by atoms with Gasteiger partial charge in [-0.25, -0.2) is 0 Å². The third-order valence-corrected chi connectivity index (χ3v) is 13.5. The maximum atomic E-state index is 14.4. The van der Waals surface area contributed by atoms with E-state index < -0.39 is 5.41 Å². The molecule has 10 unspecified atom stereocenters. The van der Waals surface area contributed by atoms with Crippen LogP contribution in [0.25, 0.3) is 0 Å². The summed E-state index contributed by atoms with van der Waals surface area (Å²) in [6.45, 7) is 30.1. The predicted molar refractivity (Wildman–Crippen MR) is 175 cm³/mol.